The molecule has 0 spiro atoms. The van der Waals surface area contributed by atoms with E-state index >= 15 is 0 Å². The molecule has 0 fully saturated rings. The number of nitrogens with zero attached hydrogens (tertiary/aromatic N) is 3. The second-order valence-electron chi connectivity index (χ2n) is 3.98. The number of thiophene rings is 1. The fourth-order valence-corrected chi connectivity index (χ4v) is 2.90. The molecule has 0 saturated heterocycles. The molecule has 2 N–H and O–H groups in total. The van der Waals surface area contributed by atoms with Crippen LogP contribution < -0.4 is 0 Å². The molecular formula is C12H13N3O2S. The van der Waals surface area contributed by atoms with Gasteiger partial charge in [-0.15, -0.1) is 11.3 Å². The van der Waals surface area contributed by atoms with E-state index in [1.807, 2.05) is 30.3 Å². The van der Waals surface area contributed by atoms with Crippen molar-refractivity contribution in [2.24, 2.45) is 5.11 Å². The highest BCUT2D eigenvalue weighted by atomic mass is 32.1. The third-order valence-corrected chi connectivity index (χ3v) is 3.86. The Hall–Kier alpha value is -1.59. The zero-order valence-electron chi connectivity index (χ0n) is 9.60. The van der Waals surface area contributed by atoms with Crippen molar-refractivity contribution in [3.05, 3.63) is 45.7 Å². The van der Waals surface area contributed by atoms with Gasteiger partial charge in [-0.1, -0.05) is 23.3 Å². The van der Waals surface area contributed by atoms with Crippen molar-refractivity contribution in [3.63, 3.8) is 0 Å². The fraction of sp³-hybridized carbons (Fsp3) is 0.333. The molecule has 2 rings (SSSR count). The van der Waals surface area contributed by atoms with Crippen molar-refractivity contribution in [1.82, 2.24) is 0 Å². The number of rotatable bonds is 5. The number of benzene rings is 1. The van der Waals surface area contributed by atoms with Gasteiger partial charge < -0.3 is 10.2 Å². The van der Waals surface area contributed by atoms with E-state index in [2.05, 4.69) is 10.0 Å². The predicted molar refractivity (Wildman–Crippen MR) is 71.6 cm³/mol. The van der Waals surface area contributed by atoms with E-state index in [1.165, 1.54) is 0 Å². The number of aliphatic hydroxyl groups is 2. The minimum absolute atomic E-state index is 0.408. The molecule has 0 amide bonds. The van der Waals surface area contributed by atoms with Gasteiger partial charge in [0, 0.05) is 14.5 Å². The van der Waals surface area contributed by atoms with Crippen LogP contribution >= 0.6 is 11.3 Å². The van der Waals surface area contributed by atoms with E-state index in [1.54, 1.807) is 11.3 Å². The summed E-state index contributed by atoms with van der Waals surface area (Å²) in [5.74, 6) is 0. The average Bonchev–Trinajstić information content (AvgIpc) is 2.79. The largest absolute Gasteiger partial charge is 0.394 e. The molecule has 2 aromatic rings. The Morgan fingerprint density at radius 3 is 2.83 bits per heavy atom. The molecule has 1 aromatic heterocycles. The van der Waals surface area contributed by atoms with E-state index in [0.29, 0.717) is 6.42 Å². The summed E-state index contributed by atoms with van der Waals surface area (Å²) in [4.78, 5) is 3.74. The Balaban J connectivity index is 2.22. The normalized spacial score (nSPS) is 14.1. The summed E-state index contributed by atoms with van der Waals surface area (Å²) in [6.45, 7) is -0.408. The van der Waals surface area contributed by atoms with Crippen LogP contribution in [0.3, 0.4) is 0 Å². The Bertz CT molecular complexity index is 544. The van der Waals surface area contributed by atoms with Gasteiger partial charge in [-0.05, 0) is 29.5 Å². The van der Waals surface area contributed by atoms with Gasteiger partial charge in [0.25, 0.3) is 0 Å². The average molecular weight is 263 g/mol. The lowest BCUT2D eigenvalue weighted by Crippen LogP contribution is -2.29. The van der Waals surface area contributed by atoms with Crippen LogP contribution in [0.2, 0.25) is 0 Å². The summed E-state index contributed by atoms with van der Waals surface area (Å²) in [5.41, 5.74) is 8.47. The smallest absolute Gasteiger partial charge is 0.0859 e. The maximum absolute atomic E-state index is 9.57. The molecule has 0 radical (unpaired) electrons. The van der Waals surface area contributed by atoms with Gasteiger partial charge in [0.2, 0.25) is 0 Å². The number of hydrogen-bond donors (Lipinski definition) is 2. The van der Waals surface area contributed by atoms with Gasteiger partial charge in [0.05, 0.1) is 18.8 Å². The molecule has 0 aliphatic heterocycles. The quantitative estimate of drug-likeness (QED) is 0.493. The van der Waals surface area contributed by atoms with Crippen LogP contribution in [0.1, 0.15) is 4.88 Å². The monoisotopic (exact) mass is 263 g/mol. The van der Waals surface area contributed by atoms with Crippen molar-refractivity contribution in [3.8, 4) is 0 Å². The molecule has 5 nitrogen and oxygen atoms in total. The first-order chi connectivity index (χ1) is 8.74. The molecule has 94 valence electrons. The SMILES string of the molecule is [N-]=[N+]=N[C@@H](Cc1cc2ccccc2s1)[C@H](O)CO. The zero-order chi connectivity index (χ0) is 13.0. The summed E-state index contributed by atoms with van der Waals surface area (Å²) < 4.78 is 1.16. The first-order valence-electron chi connectivity index (χ1n) is 5.55. The van der Waals surface area contributed by atoms with Gasteiger partial charge >= 0.3 is 0 Å². The van der Waals surface area contributed by atoms with Gasteiger partial charge in [0.15, 0.2) is 0 Å². The minimum atomic E-state index is -1.02. The molecule has 2 atom stereocenters. The van der Waals surface area contributed by atoms with Gasteiger partial charge in [-0.3, -0.25) is 0 Å². The molecule has 1 heterocycles. The number of azide groups is 1. The van der Waals surface area contributed by atoms with Crippen molar-refractivity contribution in [2.75, 3.05) is 6.61 Å². The van der Waals surface area contributed by atoms with Crippen molar-refractivity contribution in [2.45, 2.75) is 18.6 Å². The van der Waals surface area contributed by atoms with E-state index < -0.39 is 18.8 Å². The number of hydrogen-bond acceptors (Lipinski definition) is 4. The van der Waals surface area contributed by atoms with Gasteiger partial charge in [0.1, 0.15) is 0 Å². The van der Waals surface area contributed by atoms with Crippen LogP contribution in [0, 0.1) is 0 Å². The highest BCUT2D eigenvalue weighted by molar-refractivity contribution is 7.19. The lowest BCUT2D eigenvalue weighted by molar-refractivity contribution is 0.0745. The Kier molecular flexibility index (Phi) is 4.17. The summed E-state index contributed by atoms with van der Waals surface area (Å²) in [6, 6.07) is 9.36. The first-order valence-corrected chi connectivity index (χ1v) is 6.37. The second kappa shape index (κ2) is 5.84. The topological polar surface area (TPSA) is 89.2 Å². The van der Waals surface area contributed by atoms with E-state index in [-0.39, 0.29) is 0 Å². The van der Waals surface area contributed by atoms with E-state index in [4.69, 9.17) is 10.6 Å². The lowest BCUT2D eigenvalue weighted by atomic mass is 10.1. The molecule has 0 unspecified atom stereocenters. The Labute approximate surface area is 108 Å². The third-order valence-electron chi connectivity index (χ3n) is 2.72. The molecule has 18 heavy (non-hydrogen) atoms. The van der Waals surface area contributed by atoms with Crippen LogP contribution in [0.25, 0.3) is 20.5 Å². The number of fused-ring (bicyclic) bond motifs is 1. The molecule has 6 heteroatoms. The van der Waals surface area contributed by atoms with Gasteiger partial charge in [-0.25, -0.2) is 0 Å². The molecule has 0 aliphatic carbocycles. The molecule has 1 aromatic carbocycles. The van der Waals surface area contributed by atoms with E-state index in [9.17, 15) is 5.11 Å². The van der Waals surface area contributed by atoms with Crippen LogP contribution in [0.15, 0.2) is 35.4 Å². The molecule has 0 aliphatic rings. The number of aliphatic hydroxyl groups excluding tert-OH is 2. The predicted octanol–water partition coefficient (Wildman–Crippen LogP) is 2.48. The first kappa shape index (κ1) is 12.9. The third kappa shape index (κ3) is 2.80. The molecule has 0 saturated carbocycles. The van der Waals surface area contributed by atoms with Crippen molar-refractivity contribution < 1.29 is 10.2 Å². The van der Waals surface area contributed by atoms with E-state index in [0.717, 1.165) is 15.0 Å². The highest BCUT2D eigenvalue weighted by Gasteiger charge is 2.18. The maximum Gasteiger partial charge on any atom is 0.0859 e. The molecular weight excluding hydrogens is 250 g/mol. The minimum Gasteiger partial charge on any atom is -0.394 e. The zero-order valence-corrected chi connectivity index (χ0v) is 10.4. The maximum atomic E-state index is 9.57. The van der Waals surface area contributed by atoms with Gasteiger partial charge in [-0.2, -0.15) is 0 Å². The fourth-order valence-electron chi connectivity index (χ4n) is 1.79. The molecule has 0 bridgehead atoms. The summed E-state index contributed by atoms with van der Waals surface area (Å²) in [7, 11) is 0. The van der Waals surface area contributed by atoms with Crippen molar-refractivity contribution >= 4 is 21.4 Å². The van der Waals surface area contributed by atoms with Crippen LogP contribution in [0.5, 0.6) is 0 Å². The van der Waals surface area contributed by atoms with Crippen molar-refractivity contribution in [1.29, 1.82) is 0 Å². The summed E-state index contributed by atoms with van der Waals surface area (Å²) >= 11 is 1.60. The Morgan fingerprint density at radius 2 is 2.17 bits per heavy atom. The Morgan fingerprint density at radius 1 is 1.39 bits per heavy atom. The standard InChI is InChI=1S/C12H13N3O2S/c13-15-14-10(11(17)7-16)6-9-5-8-3-1-2-4-12(8)18-9/h1-5,10-11,16-17H,6-7H2/t10-,11+/m0/s1. The summed E-state index contributed by atoms with van der Waals surface area (Å²) in [6.07, 6.45) is -0.586. The van der Waals surface area contributed by atoms with Crippen LogP contribution in [-0.4, -0.2) is 29.0 Å². The van der Waals surface area contributed by atoms with Crippen LogP contribution in [0.4, 0.5) is 0 Å². The highest BCUT2D eigenvalue weighted by Crippen LogP contribution is 2.27. The summed E-state index contributed by atoms with van der Waals surface area (Å²) in [5, 5.41) is 23.2. The second-order valence-corrected chi connectivity index (χ2v) is 5.15. The van der Waals surface area contributed by atoms with Crippen LogP contribution in [-0.2, 0) is 6.42 Å². The lowest BCUT2D eigenvalue weighted by Gasteiger charge is -2.14.